The van der Waals surface area contributed by atoms with E-state index in [1.54, 1.807) is 0 Å². The van der Waals surface area contributed by atoms with Crippen LogP contribution < -0.4 is 0 Å². The second-order valence-electron chi connectivity index (χ2n) is 2.44. The van der Waals surface area contributed by atoms with Crippen molar-refractivity contribution in [2.75, 3.05) is 5.88 Å². The highest BCUT2D eigenvalue weighted by Gasteiger charge is 2.01. The Hall–Kier alpha value is -0.0100. The molecule has 2 heteroatoms. The van der Waals surface area contributed by atoms with Gasteiger partial charge in [0.2, 0.25) is 0 Å². The Labute approximate surface area is 80.7 Å². The zero-order valence-electron chi connectivity index (χ0n) is 6.13. The molecular weight excluding hydrogens is 223 g/mol. The number of hydrogen-bond acceptors (Lipinski definition) is 0. The van der Waals surface area contributed by atoms with Crippen molar-refractivity contribution < 1.29 is 0 Å². The van der Waals surface area contributed by atoms with E-state index in [1.807, 2.05) is 18.2 Å². The summed E-state index contributed by atoms with van der Waals surface area (Å²) < 4.78 is 0. The molecule has 60 valence electrons. The third kappa shape index (κ3) is 3.26. The number of alkyl halides is 2. The van der Waals surface area contributed by atoms with Crippen molar-refractivity contribution in [2.45, 2.75) is 11.2 Å². The fourth-order valence-corrected chi connectivity index (χ4v) is 1.41. The van der Waals surface area contributed by atoms with Crippen LogP contribution in [-0.2, 0) is 6.42 Å². The molecule has 1 aromatic carbocycles. The summed E-state index contributed by atoms with van der Waals surface area (Å²) in [4.78, 5) is 0.395. The Balaban J connectivity index is 2.51. The third-order valence-electron chi connectivity index (χ3n) is 1.47. The fraction of sp³-hybridized carbons (Fsp3) is 0.333. The maximum atomic E-state index is 5.66. The molecule has 0 amide bonds. The van der Waals surface area contributed by atoms with Crippen LogP contribution in [-0.4, -0.2) is 10.7 Å². The summed E-state index contributed by atoms with van der Waals surface area (Å²) in [5.41, 5.74) is 1.33. The van der Waals surface area contributed by atoms with E-state index in [-0.39, 0.29) is 0 Å². The van der Waals surface area contributed by atoms with Crippen LogP contribution in [0.3, 0.4) is 0 Å². The summed E-state index contributed by atoms with van der Waals surface area (Å²) in [5, 5.41) is 0. The van der Waals surface area contributed by atoms with Gasteiger partial charge in [0.1, 0.15) is 0 Å². The maximum absolute atomic E-state index is 5.66. The summed E-state index contributed by atoms with van der Waals surface area (Å²) in [5.74, 6) is 0.662. The molecule has 11 heavy (non-hydrogen) atoms. The second kappa shape index (κ2) is 4.78. The van der Waals surface area contributed by atoms with E-state index in [9.17, 15) is 0 Å². The lowest BCUT2D eigenvalue weighted by Crippen LogP contribution is -2.03. The lowest BCUT2D eigenvalue weighted by atomic mass is 10.1. The van der Waals surface area contributed by atoms with E-state index in [0.717, 1.165) is 6.42 Å². The molecule has 1 aromatic rings. The molecule has 0 saturated carbocycles. The topological polar surface area (TPSA) is 0 Å². The summed E-state index contributed by atoms with van der Waals surface area (Å²) in [7, 11) is 0. The molecule has 0 aromatic heterocycles. The Morgan fingerprint density at radius 2 is 1.91 bits per heavy atom. The molecule has 0 aliphatic heterocycles. The predicted octanol–water partition coefficient (Wildman–Crippen LogP) is 3.23. The van der Waals surface area contributed by atoms with Crippen LogP contribution >= 0.6 is 27.5 Å². The third-order valence-corrected chi connectivity index (χ3v) is 2.86. The lowest BCUT2D eigenvalue weighted by molar-refractivity contribution is 0.966. The zero-order chi connectivity index (χ0) is 8.10. The van der Waals surface area contributed by atoms with Gasteiger partial charge in [0.15, 0.2) is 0 Å². The first-order valence-electron chi connectivity index (χ1n) is 3.57. The van der Waals surface area contributed by atoms with E-state index in [2.05, 4.69) is 28.1 Å². The molecule has 1 atom stereocenters. The van der Waals surface area contributed by atoms with Gasteiger partial charge in [0, 0.05) is 10.7 Å². The van der Waals surface area contributed by atoms with Gasteiger partial charge in [0.25, 0.3) is 0 Å². The molecule has 0 spiro atoms. The highest BCUT2D eigenvalue weighted by Crippen LogP contribution is 2.10. The molecule has 0 heterocycles. The van der Waals surface area contributed by atoms with E-state index >= 15 is 0 Å². The van der Waals surface area contributed by atoms with Crippen LogP contribution in [0.1, 0.15) is 5.56 Å². The van der Waals surface area contributed by atoms with Crippen molar-refractivity contribution in [3.8, 4) is 0 Å². The molecule has 0 nitrogen and oxygen atoms in total. The van der Waals surface area contributed by atoms with Gasteiger partial charge in [0.05, 0.1) is 0 Å². The number of benzene rings is 1. The quantitative estimate of drug-likeness (QED) is 0.703. The first-order valence-corrected chi connectivity index (χ1v) is 5.02. The zero-order valence-corrected chi connectivity index (χ0v) is 8.48. The van der Waals surface area contributed by atoms with Crippen molar-refractivity contribution >= 4 is 27.5 Å². The predicted molar refractivity (Wildman–Crippen MR) is 53.6 cm³/mol. The fourth-order valence-electron chi connectivity index (χ4n) is 0.924. The second-order valence-corrected chi connectivity index (χ2v) is 4.04. The first-order chi connectivity index (χ1) is 5.33. The molecule has 1 unspecified atom stereocenters. The molecule has 0 radical (unpaired) electrons. The first kappa shape index (κ1) is 9.08. The number of rotatable bonds is 3. The molecule has 0 fully saturated rings. The molecular formula is C9H10BrCl. The lowest BCUT2D eigenvalue weighted by Gasteiger charge is -2.04. The van der Waals surface area contributed by atoms with Crippen molar-refractivity contribution in [2.24, 2.45) is 0 Å². The van der Waals surface area contributed by atoms with Crippen molar-refractivity contribution in [3.05, 3.63) is 35.9 Å². The molecule has 0 bridgehead atoms. The van der Waals surface area contributed by atoms with Gasteiger partial charge in [-0.15, -0.1) is 11.6 Å². The number of hydrogen-bond donors (Lipinski definition) is 0. The van der Waals surface area contributed by atoms with Crippen LogP contribution in [0.4, 0.5) is 0 Å². The van der Waals surface area contributed by atoms with Crippen LogP contribution in [0.2, 0.25) is 0 Å². The summed E-state index contributed by atoms with van der Waals surface area (Å²) in [6, 6.07) is 10.3. The van der Waals surface area contributed by atoms with Crippen molar-refractivity contribution in [1.82, 2.24) is 0 Å². The van der Waals surface area contributed by atoms with Crippen LogP contribution in [0.25, 0.3) is 0 Å². The molecule has 0 aliphatic rings. The average Bonchev–Trinajstić information content (AvgIpc) is 2.06. The van der Waals surface area contributed by atoms with E-state index in [0.29, 0.717) is 10.7 Å². The van der Waals surface area contributed by atoms with Gasteiger partial charge in [-0.1, -0.05) is 46.3 Å². The Bertz CT molecular complexity index is 198. The van der Waals surface area contributed by atoms with Crippen molar-refractivity contribution in [3.63, 3.8) is 0 Å². The van der Waals surface area contributed by atoms with E-state index in [1.165, 1.54) is 5.56 Å². The van der Waals surface area contributed by atoms with Gasteiger partial charge in [-0.3, -0.25) is 0 Å². The smallest absolute Gasteiger partial charge is 0.0352 e. The van der Waals surface area contributed by atoms with Crippen LogP contribution in [0.15, 0.2) is 30.3 Å². The van der Waals surface area contributed by atoms with Gasteiger partial charge in [-0.2, -0.15) is 0 Å². The molecule has 1 rings (SSSR count). The summed E-state index contributed by atoms with van der Waals surface area (Å²) >= 11 is 9.14. The Morgan fingerprint density at radius 1 is 1.27 bits per heavy atom. The summed E-state index contributed by atoms with van der Waals surface area (Å²) in [6.45, 7) is 0. The Kier molecular flexibility index (Phi) is 3.95. The largest absolute Gasteiger partial charge is 0.125 e. The minimum absolute atomic E-state index is 0.395. The minimum atomic E-state index is 0.395. The average molecular weight is 234 g/mol. The standard InChI is InChI=1S/C9H10BrCl/c10-9(7-11)6-8-4-2-1-3-5-8/h1-5,9H,6-7H2. The van der Waals surface area contributed by atoms with E-state index in [4.69, 9.17) is 11.6 Å². The van der Waals surface area contributed by atoms with Gasteiger partial charge in [-0.25, -0.2) is 0 Å². The Morgan fingerprint density at radius 3 is 2.45 bits per heavy atom. The van der Waals surface area contributed by atoms with E-state index < -0.39 is 0 Å². The highest BCUT2D eigenvalue weighted by molar-refractivity contribution is 9.09. The normalized spacial score (nSPS) is 12.9. The molecule has 0 N–H and O–H groups in total. The monoisotopic (exact) mass is 232 g/mol. The molecule has 0 aliphatic carbocycles. The van der Waals surface area contributed by atoms with Crippen molar-refractivity contribution in [1.29, 1.82) is 0 Å². The van der Waals surface area contributed by atoms with Crippen LogP contribution in [0, 0.1) is 0 Å². The molecule has 0 saturated heterocycles. The minimum Gasteiger partial charge on any atom is -0.125 e. The SMILES string of the molecule is ClCC(Br)Cc1ccccc1. The summed E-state index contributed by atoms with van der Waals surface area (Å²) in [6.07, 6.45) is 1.00. The van der Waals surface area contributed by atoms with Gasteiger partial charge >= 0.3 is 0 Å². The number of halogens is 2. The maximum Gasteiger partial charge on any atom is 0.0352 e. The van der Waals surface area contributed by atoms with Gasteiger partial charge < -0.3 is 0 Å². The van der Waals surface area contributed by atoms with Gasteiger partial charge in [-0.05, 0) is 12.0 Å². The van der Waals surface area contributed by atoms with Crippen LogP contribution in [0.5, 0.6) is 0 Å². The highest BCUT2D eigenvalue weighted by atomic mass is 79.9.